The number of aliphatic carboxylic acids is 1. The summed E-state index contributed by atoms with van der Waals surface area (Å²) in [5.41, 5.74) is 2.21. The van der Waals surface area contributed by atoms with Crippen molar-refractivity contribution in [2.75, 3.05) is 18.5 Å². The highest BCUT2D eigenvalue weighted by atomic mass is 16.7. The van der Waals surface area contributed by atoms with Gasteiger partial charge in [0, 0.05) is 40.2 Å². The average molecular weight is 947 g/mol. The second kappa shape index (κ2) is 19.1. The zero-order chi connectivity index (χ0) is 49.6. The number of aliphatic hydroxyl groups excluding tert-OH is 1. The predicted octanol–water partition coefficient (Wildman–Crippen LogP) is 4.16. The number of imide groups is 1. The highest BCUT2D eigenvalue weighted by Crippen LogP contribution is 2.70. The Labute approximate surface area is 399 Å². The molecule has 0 radical (unpaired) electrons. The first-order valence-electron chi connectivity index (χ1n) is 23.4. The van der Waals surface area contributed by atoms with Crippen LogP contribution in [0.2, 0.25) is 0 Å². The van der Waals surface area contributed by atoms with Crippen molar-refractivity contribution < 1.29 is 62.8 Å². The minimum absolute atomic E-state index is 0.0368. The van der Waals surface area contributed by atoms with E-state index in [4.69, 9.17) is 19.3 Å². The number of ether oxygens (including phenoxy) is 3. The highest BCUT2D eigenvalue weighted by molar-refractivity contribution is 6.14. The summed E-state index contributed by atoms with van der Waals surface area (Å²) in [4.78, 5) is 101. The molecule has 2 aromatic rings. The molecular weight excluding hydrogens is 889 g/mol. The molecule has 0 spiro atoms. The van der Waals surface area contributed by atoms with Gasteiger partial charge in [-0.05, 0) is 86.6 Å². The molecule has 69 heavy (non-hydrogen) atoms. The Morgan fingerprint density at radius 3 is 2.35 bits per heavy atom. The van der Waals surface area contributed by atoms with Crippen LogP contribution < -0.4 is 16.0 Å². The van der Waals surface area contributed by atoms with Crippen molar-refractivity contribution in [2.45, 2.75) is 109 Å². The van der Waals surface area contributed by atoms with Gasteiger partial charge in [0.2, 0.25) is 23.5 Å². The third-order valence-electron chi connectivity index (χ3n) is 15.2. The Balaban J connectivity index is 0.921. The molecule has 8 rings (SSSR count). The smallest absolute Gasteiger partial charge is 0.306 e. The monoisotopic (exact) mass is 946 g/mol. The maximum atomic E-state index is 14.7. The number of nitrogens with zero attached hydrogens (tertiary/aromatic N) is 1. The highest BCUT2D eigenvalue weighted by Gasteiger charge is 2.76. The number of esters is 1. The van der Waals surface area contributed by atoms with Crippen LogP contribution in [0.3, 0.4) is 0 Å². The van der Waals surface area contributed by atoms with Gasteiger partial charge >= 0.3 is 11.9 Å². The Morgan fingerprint density at radius 2 is 1.64 bits per heavy atom. The molecule has 2 heterocycles. The number of carboxylic acid groups (broad SMARTS) is 1. The van der Waals surface area contributed by atoms with Crippen LogP contribution in [-0.2, 0) is 59.0 Å². The molecule has 2 aliphatic heterocycles. The lowest BCUT2D eigenvalue weighted by molar-refractivity contribution is -0.202. The molecule has 4 fully saturated rings. The van der Waals surface area contributed by atoms with Crippen LogP contribution in [-0.4, -0.2) is 105 Å². The maximum absolute atomic E-state index is 14.7. The second-order valence-electron chi connectivity index (χ2n) is 19.6. The number of benzene rings is 2. The normalized spacial score (nSPS) is 30.5. The van der Waals surface area contributed by atoms with Gasteiger partial charge in [0.05, 0.1) is 25.0 Å². The molecule has 17 heteroatoms. The summed E-state index contributed by atoms with van der Waals surface area (Å²) in [6, 6.07) is 12.7. The number of allylic oxidation sites excluding steroid dienone is 5. The van der Waals surface area contributed by atoms with Gasteiger partial charge in [-0.1, -0.05) is 80.6 Å². The number of fused-ring (bicyclic) bond motifs is 7. The predicted molar refractivity (Wildman–Crippen MR) is 247 cm³/mol. The van der Waals surface area contributed by atoms with Gasteiger partial charge in [-0.25, -0.2) is 0 Å². The van der Waals surface area contributed by atoms with Crippen molar-refractivity contribution >= 4 is 52.9 Å². The van der Waals surface area contributed by atoms with Gasteiger partial charge in [0.15, 0.2) is 18.5 Å². The average Bonchev–Trinajstić information content (AvgIpc) is 3.93. The van der Waals surface area contributed by atoms with E-state index in [0.29, 0.717) is 24.1 Å². The lowest BCUT2D eigenvalue weighted by Crippen LogP contribution is -2.63. The van der Waals surface area contributed by atoms with Gasteiger partial charge in [-0.15, -0.1) is 0 Å². The van der Waals surface area contributed by atoms with E-state index < -0.39 is 108 Å². The van der Waals surface area contributed by atoms with Gasteiger partial charge in [0.25, 0.3) is 11.8 Å². The van der Waals surface area contributed by atoms with Crippen molar-refractivity contribution in [3.8, 4) is 0 Å². The SMILES string of the molecule is C=C1C=C[C@@]2(C)C(=C1)CC[C@@H]1[C@@H]2[C@@H](O)C[C@@]2(C)[C@H]1C[C@H]1O[C@@H](c3ccc(Cc4cccc(NC(=O)[C@H](C)NC(=O)[C@H](C)NC(=O)CN5C(=O)C=CC5=O)c4)cc3)O[C@]12C(=O)COC(=O)CCC(=O)O. The molecule has 3 saturated carbocycles. The Hall–Kier alpha value is -6.56. The molecule has 364 valence electrons. The summed E-state index contributed by atoms with van der Waals surface area (Å²) in [6.07, 6.45) is 7.95. The fourth-order valence-electron chi connectivity index (χ4n) is 11.9. The van der Waals surface area contributed by atoms with Crippen LogP contribution in [0.4, 0.5) is 5.69 Å². The van der Waals surface area contributed by atoms with E-state index in [1.807, 2.05) is 43.3 Å². The third kappa shape index (κ3) is 9.34. The number of carbonyl (C=O) groups is 8. The summed E-state index contributed by atoms with van der Waals surface area (Å²) in [6.45, 7) is 10.0. The number of hydrogen-bond donors (Lipinski definition) is 5. The van der Waals surface area contributed by atoms with Crippen molar-refractivity contribution in [3.05, 3.63) is 113 Å². The first-order chi connectivity index (χ1) is 32.7. The molecule has 4 aliphatic carbocycles. The Bertz CT molecular complexity index is 2570. The van der Waals surface area contributed by atoms with Crippen LogP contribution in [0.5, 0.6) is 0 Å². The molecule has 0 aromatic heterocycles. The molecule has 1 saturated heterocycles. The van der Waals surface area contributed by atoms with Crippen LogP contribution in [0.1, 0.15) is 89.2 Å². The Kier molecular flexibility index (Phi) is 13.5. The fraction of sp³-hybridized carbons (Fsp3) is 0.462. The zero-order valence-corrected chi connectivity index (χ0v) is 39.0. The molecule has 2 aromatic carbocycles. The summed E-state index contributed by atoms with van der Waals surface area (Å²) in [5, 5.41) is 29.1. The van der Waals surface area contributed by atoms with Gasteiger partial charge in [-0.3, -0.25) is 43.3 Å². The van der Waals surface area contributed by atoms with E-state index in [1.165, 1.54) is 19.4 Å². The third-order valence-corrected chi connectivity index (χ3v) is 15.2. The number of hydrogen-bond acceptors (Lipinski definition) is 12. The van der Waals surface area contributed by atoms with E-state index in [-0.39, 0.29) is 36.0 Å². The molecule has 0 unspecified atom stereocenters. The number of carbonyl (C=O) groups excluding carboxylic acids is 7. The number of carboxylic acids is 1. The van der Waals surface area contributed by atoms with E-state index in [0.717, 1.165) is 46.6 Å². The number of nitrogens with one attached hydrogen (secondary N) is 3. The van der Waals surface area contributed by atoms with Crippen molar-refractivity contribution in [2.24, 2.45) is 28.6 Å². The minimum atomic E-state index is -1.58. The van der Waals surface area contributed by atoms with Gasteiger partial charge in [-0.2, -0.15) is 0 Å². The standard InChI is InChI=1S/C52H58N4O13/c1-28-19-20-50(4)34(21-28)13-14-36-37-24-40-52(51(37,5)25-38(57)46(36)50,39(58)27-67-45(64)18-17-44(62)63)69-49(68-40)33-11-9-31(10-12-33)22-32-7-6-8-35(23-32)55-48(66)30(3)54-47(65)29(2)53-41(59)26-56-42(60)15-16-43(56)61/h6-12,15-16,19-21,23,29-30,36-38,40,46,49,57H,1,13-14,17-18,22,24-27H2,2-5H3,(H,53,59)(H,54,65)(H,55,66)(H,62,63)/t29-,30-,36-,37-,38-,40+,46+,49+,50-,51-,52+/m0/s1. The molecule has 17 nitrogen and oxygen atoms in total. The van der Waals surface area contributed by atoms with E-state index in [2.05, 4.69) is 41.6 Å². The van der Waals surface area contributed by atoms with Crippen molar-refractivity contribution in [1.82, 2.24) is 15.5 Å². The summed E-state index contributed by atoms with van der Waals surface area (Å²) in [7, 11) is 0. The quantitative estimate of drug-likeness (QED) is 0.117. The summed E-state index contributed by atoms with van der Waals surface area (Å²) >= 11 is 0. The number of Topliss-reactive ketones (excluding diaryl/α,β-unsaturated/α-hetero) is 1. The second-order valence-corrected chi connectivity index (χ2v) is 19.6. The van der Waals surface area contributed by atoms with Crippen LogP contribution in [0.25, 0.3) is 0 Å². The van der Waals surface area contributed by atoms with Crippen molar-refractivity contribution in [3.63, 3.8) is 0 Å². The molecule has 0 bridgehead atoms. The van der Waals surface area contributed by atoms with E-state index >= 15 is 0 Å². The van der Waals surface area contributed by atoms with E-state index in [9.17, 15) is 43.5 Å². The number of anilines is 1. The number of aliphatic hydroxyl groups is 1. The lowest BCUT2D eigenvalue weighted by atomic mass is 9.46. The number of ketones is 1. The number of rotatable bonds is 16. The molecule has 6 aliphatic rings. The lowest BCUT2D eigenvalue weighted by Gasteiger charge is -2.59. The molecule has 11 atom stereocenters. The first-order valence-corrected chi connectivity index (χ1v) is 23.4. The summed E-state index contributed by atoms with van der Waals surface area (Å²) in [5.74, 6) is -5.73. The molecule has 5 N–H and O–H groups in total. The van der Waals surface area contributed by atoms with Crippen LogP contribution >= 0.6 is 0 Å². The van der Waals surface area contributed by atoms with Crippen molar-refractivity contribution in [1.29, 1.82) is 0 Å². The largest absolute Gasteiger partial charge is 0.481 e. The minimum Gasteiger partial charge on any atom is -0.481 e. The topological polar surface area (TPSA) is 244 Å². The van der Waals surface area contributed by atoms with Crippen LogP contribution in [0.15, 0.2) is 96.6 Å². The molecule has 5 amide bonds. The van der Waals surface area contributed by atoms with Gasteiger partial charge < -0.3 is 40.4 Å². The van der Waals surface area contributed by atoms with E-state index in [1.54, 1.807) is 18.2 Å². The first kappa shape index (κ1) is 48.9. The molecular formula is C52H58N4O13. The maximum Gasteiger partial charge on any atom is 0.306 e. The fourth-order valence-corrected chi connectivity index (χ4v) is 11.9. The van der Waals surface area contributed by atoms with Gasteiger partial charge in [0.1, 0.15) is 18.6 Å². The Morgan fingerprint density at radius 1 is 0.928 bits per heavy atom. The summed E-state index contributed by atoms with van der Waals surface area (Å²) < 4.78 is 19.0. The zero-order valence-electron chi connectivity index (χ0n) is 39.0. The number of amides is 5. The van der Waals surface area contributed by atoms with Crippen LogP contribution in [0, 0.1) is 28.6 Å².